The van der Waals surface area contributed by atoms with E-state index in [1.165, 1.54) is 0 Å². The second kappa shape index (κ2) is 8.39. The number of anilines is 1. The largest absolute Gasteiger partial charge is 0.497 e. The van der Waals surface area contributed by atoms with E-state index in [1.54, 1.807) is 27.7 Å². The number of rotatable bonds is 5. The van der Waals surface area contributed by atoms with Crippen LogP contribution in [0.3, 0.4) is 0 Å². The second-order valence-corrected chi connectivity index (χ2v) is 8.27. The van der Waals surface area contributed by atoms with Crippen LogP contribution in [0, 0.1) is 0 Å². The Morgan fingerprint density at radius 2 is 1.63 bits per heavy atom. The van der Waals surface area contributed by atoms with Crippen molar-refractivity contribution >= 4 is 11.6 Å². The first-order chi connectivity index (χ1) is 17.2. The van der Waals surface area contributed by atoms with E-state index < -0.39 is 6.10 Å². The van der Waals surface area contributed by atoms with Gasteiger partial charge >= 0.3 is 0 Å². The van der Waals surface area contributed by atoms with Gasteiger partial charge in [-0.3, -0.25) is 0 Å². The lowest BCUT2D eigenvalue weighted by molar-refractivity contribution is 0.222. The highest BCUT2D eigenvalue weighted by atomic mass is 16.5. The Hall–Kier alpha value is -4.46. The van der Waals surface area contributed by atoms with E-state index in [1.807, 2.05) is 53.2 Å². The van der Waals surface area contributed by atoms with E-state index in [2.05, 4.69) is 33.6 Å². The summed E-state index contributed by atoms with van der Waals surface area (Å²) in [4.78, 5) is 4.48. The summed E-state index contributed by atoms with van der Waals surface area (Å²) in [6.07, 6.45) is 1.16. The Balaban J connectivity index is 1.59. The van der Waals surface area contributed by atoms with Crippen molar-refractivity contribution in [3.63, 3.8) is 0 Å². The summed E-state index contributed by atoms with van der Waals surface area (Å²) >= 11 is 0. The number of hydrogen-bond donors (Lipinski definition) is 1. The molecule has 3 aromatic carbocycles. The Bertz CT molecular complexity index is 1430. The lowest BCUT2D eigenvalue weighted by Crippen LogP contribution is -2.32. The third kappa shape index (κ3) is 3.37. The van der Waals surface area contributed by atoms with Crippen molar-refractivity contribution in [2.24, 2.45) is 0 Å². The van der Waals surface area contributed by atoms with Gasteiger partial charge in [-0.2, -0.15) is 10.1 Å². The molecule has 8 heteroatoms. The van der Waals surface area contributed by atoms with E-state index in [0.29, 0.717) is 17.4 Å². The molecule has 0 saturated carbocycles. The molecule has 2 aliphatic heterocycles. The SMILES string of the molecule is COc1ccc([C@H]2C3=C(Nc4ncnn42)c2ccccc2O[C@H]3c2ccc(OC)c(OC)c2)cc1. The minimum Gasteiger partial charge on any atom is -0.497 e. The summed E-state index contributed by atoms with van der Waals surface area (Å²) in [7, 11) is 4.92. The maximum Gasteiger partial charge on any atom is 0.226 e. The molecule has 6 rings (SSSR count). The molecule has 2 atom stereocenters. The van der Waals surface area contributed by atoms with Crippen LogP contribution in [0.15, 0.2) is 78.6 Å². The Morgan fingerprint density at radius 3 is 2.40 bits per heavy atom. The van der Waals surface area contributed by atoms with Crippen LogP contribution in [0.1, 0.15) is 28.8 Å². The van der Waals surface area contributed by atoms with Crippen LogP contribution in [-0.2, 0) is 0 Å². The van der Waals surface area contributed by atoms with Crippen molar-refractivity contribution in [3.8, 4) is 23.0 Å². The predicted molar refractivity (Wildman–Crippen MR) is 131 cm³/mol. The van der Waals surface area contributed by atoms with E-state index in [0.717, 1.165) is 39.5 Å². The van der Waals surface area contributed by atoms with Gasteiger partial charge in [0.2, 0.25) is 5.95 Å². The number of para-hydroxylation sites is 1. The van der Waals surface area contributed by atoms with E-state index in [-0.39, 0.29) is 6.04 Å². The molecule has 0 aliphatic carbocycles. The molecule has 0 amide bonds. The van der Waals surface area contributed by atoms with Crippen molar-refractivity contribution in [2.75, 3.05) is 26.6 Å². The molecule has 2 aliphatic rings. The molecule has 1 aromatic heterocycles. The molecule has 0 unspecified atom stereocenters. The topological polar surface area (TPSA) is 79.7 Å². The number of nitrogens with zero attached hydrogens (tertiary/aromatic N) is 3. The van der Waals surface area contributed by atoms with Gasteiger partial charge in [0.15, 0.2) is 11.5 Å². The first kappa shape index (κ1) is 21.1. The smallest absolute Gasteiger partial charge is 0.226 e. The molecule has 35 heavy (non-hydrogen) atoms. The molecule has 0 radical (unpaired) electrons. The number of ether oxygens (including phenoxy) is 4. The lowest BCUT2D eigenvalue weighted by Gasteiger charge is -2.39. The molecule has 3 heterocycles. The quantitative estimate of drug-likeness (QED) is 0.448. The van der Waals surface area contributed by atoms with Crippen LogP contribution >= 0.6 is 0 Å². The molecule has 4 aromatic rings. The molecule has 0 bridgehead atoms. The van der Waals surface area contributed by atoms with Crippen molar-refractivity contribution in [3.05, 3.63) is 95.3 Å². The highest BCUT2D eigenvalue weighted by molar-refractivity contribution is 5.85. The van der Waals surface area contributed by atoms with Crippen LogP contribution < -0.4 is 24.3 Å². The summed E-state index contributed by atoms with van der Waals surface area (Å²) in [6, 6.07) is 21.7. The normalized spacial score (nSPS) is 17.9. The molecule has 0 saturated heterocycles. The molecular weight excluding hydrogens is 444 g/mol. The van der Waals surface area contributed by atoms with Gasteiger partial charge in [-0.05, 0) is 42.0 Å². The lowest BCUT2D eigenvalue weighted by atomic mass is 9.84. The third-order valence-electron chi connectivity index (χ3n) is 6.46. The van der Waals surface area contributed by atoms with Crippen molar-refractivity contribution in [2.45, 2.75) is 12.1 Å². The van der Waals surface area contributed by atoms with Crippen LogP contribution in [0.2, 0.25) is 0 Å². The fourth-order valence-electron chi connectivity index (χ4n) is 4.82. The number of aromatic nitrogens is 3. The Kier molecular flexibility index (Phi) is 5.06. The average molecular weight is 469 g/mol. The molecule has 176 valence electrons. The number of methoxy groups -OCH3 is 3. The van der Waals surface area contributed by atoms with E-state index in [4.69, 9.17) is 18.9 Å². The summed E-state index contributed by atoms with van der Waals surface area (Å²) in [5.74, 6) is 3.55. The molecular formula is C27H24N4O4. The standard InChI is InChI=1S/C27H24N4O4/c1-32-18-11-8-16(9-12-18)25-23-24(30-27-28-15-29-31(25)27)19-6-4-5-7-20(19)35-26(23)17-10-13-21(33-2)22(14-17)34-3/h4-15,25-26H,1-3H3,(H,28,29,30)/t25-,26-/m0/s1. The van der Waals surface area contributed by atoms with Gasteiger partial charge in [-0.1, -0.05) is 30.3 Å². The first-order valence-electron chi connectivity index (χ1n) is 11.2. The summed E-state index contributed by atoms with van der Waals surface area (Å²) in [5.41, 5.74) is 4.95. The Morgan fingerprint density at radius 1 is 0.857 bits per heavy atom. The van der Waals surface area contributed by atoms with Gasteiger partial charge in [0, 0.05) is 16.7 Å². The average Bonchev–Trinajstić information content (AvgIpc) is 3.39. The fraction of sp³-hybridized carbons (Fsp3) is 0.185. The van der Waals surface area contributed by atoms with Crippen molar-refractivity contribution in [1.29, 1.82) is 0 Å². The number of fused-ring (bicyclic) bond motifs is 3. The molecule has 1 N–H and O–H groups in total. The zero-order chi connectivity index (χ0) is 23.9. The first-order valence-corrected chi connectivity index (χ1v) is 11.2. The minimum atomic E-state index is -0.406. The highest BCUT2D eigenvalue weighted by Crippen LogP contribution is 2.51. The third-order valence-corrected chi connectivity index (χ3v) is 6.46. The van der Waals surface area contributed by atoms with E-state index in [9.17, 15) is 0 Å². The zero-order valence-corrected chi connectivity index (χ0v) is 19.6. The van der Waals surface area contributed by atoms with Gasteiger partial charge < -0.3 is 24.3 Å². The van der Waals surface area contributed by atoms with Crippen LogP contribution in [0.4, 0.5) is 5.95 Å². The van der Waals surface area contributed by atoms with Gasteiger partial charge in [0.25, 0.3) is 0 Å². The predicted octanol–water partition coefficient (Wildman–Crippen LogP) is 4.86. The number of nitrogens with one attached hydrogen (secondary N) is 1. The summed E-state index contributed by atoms with van der Waals surface area (Å²) in [5, 5.41) is 8.09. The maximum absolute atomic E-state index is 6.67. The number of benzene rings is 3. The highest BCUT2D eigenvalue weighted by Gasteiger charge is 2.41. The summed E-state index contributed by atoms with van der Waals surface area (Å²) < 4.78 is 25.0. The summed E-state index contributed by atoms with van der Waals surface area (Å²) in [6.45, 7) is 0. The second-order valence-electron chi connectivity index (χ2n) is 8.27. The monoisotopic (exact) mass is 468 g/mol. The van der Waals surface area contributed by atoms with Gasteiger partial charge in [-0.25, -0.2) is 4.68 Å². The van der Waals surface area contributed by atoms with Gasteiger partial charge in [0.05, 0.1) is 27.0 Å². The molecule has 8 nitrogen and oxygen atoms in total. The van der Waals surface area contributed by atoms with Gasteiger partial charge in [-0.15, -0.1) is 0 Å². The molecule has 0 spiro atoms. The number of hydrogen-bond acceptors (Lipinski definition) is 7. The zero-order valence-electron chi connectivity index (χ0n) is 19.6. The van der Waals surface area contributed by atoms with Crippen molar-refractivity contribution < 1.29 is 18.9 Å². The van der Waals surface area contributed by atoms with Crippen LogP contribution in [-0.4, -0.2) is 36.1 Å². The maximum atomic E-state index is 6.67. The molecule has 0 fully saturated rings. The van der Waals surface area contributed by atoms with Crippen LogP contribution in [0.5, 0.6) is 23.0 Å². The Labute approximate surface area is 202 Å². The van der Waals surface area contributed by atoms with E-state index >= 15 is 0 Å². The minimum absolute atomic E-state index is 0.249. The van der Waals surface area contributed by atoms with Crippen LogP contribution in [0.25, 0.3) is 5.70 Å². The van der Waals surface area contributed by atoms with Crippen molar-refractivity contribution in [1.82, 2.24) is 14.8 Å². The van der Waals surface area contributed by atoms with Gasteiger partial charge in [0.1, 0.15) is 30.0 Å². The fourth-order valence-corrected chi connectivity index (χ4v) is 4.82.